The monoisotopic (exact) mass is 352 g/mol. The minimum Gasteiger partial charge on any atom is -0.497 e. The summed E-state index contributed by atoms with van der Waals surface area (Å²) in [6.07, 6.45) is 6.26. The molecule has 0 saturated carbocycles. The number of methoxy groups -OCH3 is 1. The Morgan fingerprint density at radius 3 is 2.35 bits per heavy atom. The van der Waals surface area contributed by atoms with E-state index < -0.39 is 0 Å². The lowest BCUT2D eigenvalue weighted by molar-refractivity contribution is 0.0590. The maximum Gasteiger partial charge on any atom is 0.253 e. The fraction of sp³-hybridized carbons (Fsp3) is 0.500. The standard InChI is InChI=1S/C22H28N2O2/c1-26-21-8-7-17-15-19(6-5-18(17)16-21)22(25)24-13-9-20(10-14-24)23-11-3-2-4-12-23/h5-8,15-16,20H,2-4,9-14H2,1H3. The third-order valence-corrected chi connectivity index (χ3v) is 5.95. The van der Waals surface area contributed by atoms with Gasteiger partial charge in [0.05, 0.1) is 7.11 Å². The van der Waals surface area contributed by atoms with E-state index in [2.05, 4.69) is 4.90 Å². The number of rotatable bonds is 3. The van der Waals surface area contributed by atoms with Gasteiger partial charge in [-0.1, -0.05) is 18.6 Å². The van der Waals surface area contributed by atoms with Crippen LogP contribution < -0.4 is 4.74 Å². The summed E-state index contributed by atoms with van der Waals surface area (Å²) in [5.41, 5.74) is 0.791. The van der Waals surface area contributed by atoms with Crippen LogP contribution in [0.5, 0.6) is 5.75 Å². The summed E-state index contributed by atoms with van der Waals surface area (Å²) in [4.78, 5) is 17.6. The summed E-state index contributed by atoms with van der Waals surface area (Å²) in [5.74, 6) is 1.01. The van der Waals surface area contributed by atoms with E-state index in [1.807, 2.05) is 41.3 Å². The van der Waals surface area contributed by atoms with Gasteiger partial charge in [-0.05, 0) is 73.8 Å². The molecular weight excluding hydrogens is 324 g/mol. The molecular formula is C22H28N2O2. The highest BCUT2D eigenvalue weighted by molar-refractivity contribution is 5.98. The molecule has 0 N–H and O–H groups in total. The fourth-order valence-corrected chi connectivity index (χ4v) is 4.38. The van der Waals surface area contributed by atoms with E-state index in [9.17, 15) is 4.79 Å². The average molecular weight is 352 g/mol. The van der Waals surface area contributed by atoms with E-state index >= 15 is 0 Å². The van der Waals surface area contributed by atoms with Crippen molar-refractivity contribution in [3.63, 3.8) is 0 Å². The Bertz CT molecular complexity index is 775. The van der Waals surface area contributed by atoms with Gasteiger partial charge < -0.3 is 14.5 Å². The second kappa shape index (κ2) is 7.67. The van der Waals surface area contributed by atoms with E-state index in [0.717, 1.165) is 48.0 Å². The third kappa shape index (κ3) is 3.56. The molecule has 2 saturated heterocycles. The van der Waals surface area contributed by atoms with Gasteiger partial charge in [-0.25, -0.2) is 0 Å². The molecule has 0 unspecified atom stereocenters. The van der Waals surface area contributed by atoms with Crippen molar-refractivity contribution >= 4 is 16.7 Å². The smallest absolute Gasteiger partial charge is 0.253 e. The summed E-state index contributed by atoms with van der Waals surface area (Å²) in [5, 5.41) is 2.18. The summed E-state index contributed by atoms with van der Waals surface area (Å²) in [7, 11) is 1.67. The Labute approximate surface area is 155 Å². The Kier molecular flexibility index (Phi) is 5.11. The number of hydrogen-bond acceptors (Lipinski definition) is 3. The first kappa shape index (κ1) is 17.3. The number of hydrogen-bond donors (Lipinski definition) is 0. The van der Waals surface area contributed by atoms with Crippen LogP contribution in [0.25, 0.3) is 10.8 Å². The van der Waals surface area contributed by atoms with E-state index in [1.165, 1.54) is 32.4 Å². The van der Waals surface area contributed by atoms with Crippen molar-refractivity contribution in [2.24, 2.45) is 0 Å². The molecule has 0 aromatic heterocycles. The summed E-state index contributed by atoms with van der Waals surface area (Å²) in [6.45, 7) is 4.24. The minimum absolute atomic E-state index is 0.166. The Morgan fingerprint density at radius 1 is 0.923 bits per heavy atom. The molecule has 1 amide bonds. The molecule has 0 aliphatic carbocycles. The van der Waals surface area contributed by atoms with Gasteiger partial charge in [0.2, 0.25) is 0 Å². The second-order valence-corrected chi connectivity index (χ2v) is 7.55. The van der Waals surface area contributed by atoms with Gasteiger partial charge in [-0.15, -0.1) is 0 Å². The Hall–Kier alpha value is -2.07. The lowest BCUT2D eigenvalue weighted by Gasteiger charge is -2.40. The summed E-state index contributed by atoms with van der Waals surface area (Å²) < 4.78 is 5.28. The fourth-order valence-electron chi connectivity index (χ4n) is 4.38. The maximum absolute atomic E-state index is 12.9. The van der Waals surface area contributed by atoms with E-state index in [0.29, 0.717) is 6.04 Å². The van der Waals surface area contributed by atoms with Gasteiger partial charge in [0.1, 0.15) is 5.75 Å². The lowest BCUT2D eigenvalue weighted by atomic mass is 9.99. The van der Waals surface area contributed by atoms with Crippen LogP contribution in [0.2, 0.25) is 0 Å². The van der Waals surface area contributed by atoms with Crippen LogP contribution in [0.3, 0.4) is 0 Å². The number of carbonyl (C=O) groups excluding carboxylic acids is 1. The highest BCUT2D eigenvalue weighted by Crippen LogP contribution is 2.25. The summed E-state index contributed by atoms with van der Waals surface area (Å²) in [6, 6.07) is 12.6. The number of carbonyl (C=O) groups is 1. The zero-order valence-electron chi connectivity index (χ0n) is 15.6. The van der Waals surface area contributed by atoms with Crippen LogP contribution in [0.4, 0.5) is 0 Å². The number of fused-ring (bicyclic) bond motifs is 1. The molecule has 2 fully saturated rings. The topological polar surface area (TPSA) is 32.8 Å². The van der Waals surface area contributed by atoms with Crippen LogP contribution in [0.15, 0.2) is 36.4 Å². The molecule has 2 aromatic carbocycles. The lowest BCUT2D eigenvalue weighted by Crippen LogP contribution is -2.48. The average Bonchev–Trinajstić information content (AvgIpc) is 2.73. The first-order chi connectivity index (χ1) is 12.7. The molecule has 2 aromatic rings. The Balaban J connectivity index is 1.42. The van der Waals surface area contributed by atoms with Crippen LogP contribution in [-0.2, 0) is 0 Å². The van der Waals surface area contributed by atoms with E-state index in [-0.39, 0.29) is 5.91 Å². The van der Waals surface area contributed by atoms with Crippen molar-refractivity contribution in [3.8, 4) is 5.75 Å². The molecule has 26 heavy (non-hydrogen) atoms. The van der Waals surface area contributed by atoms with Crippen molar-refractivity contribution in [1.82, 2.24) is 9.80 Å². The number of amides is 1. The highest BCUT2D eigenvalue weighted by Gasteiger charge is 2.28. The van der Waals surface area contributed by atoms with Crippen molar-refractivity contribution in [2.75, 3.05) is 33.3 Å². The van der Waals surface area contributed by atoms with Gasteiger partial charge >= 0.3 is 0 Å². The summed E-state index contributed by atoms with van der Waals surface area (Å²) >= 11 is 0. The number of nitrogens with zero attached hydrogens (tertiary/aromatic N) is 2. The van der Waals surface area contributed by atoms with Crippen LogP contribution in [-0.4, -0.2) is 55.0 Å². The molecule has 2 heterocycles. The highest BCUT2D eigenvalue weighted by atomic mass is 16.5. The molecule has 0 radical (unpaired) electrons. The third-order valence-electron chi connectivity index (χ3n) is 5.95. The molecule has 2 aliphatic heterocycles. The van der Waals surface area contributed by atoms with Gasteiger partial charge in [-0.3, -0.25) is 4.79 Å². The van der Waals surface area contributed by atoms with E-state index in [1.54, 1.807) is 7.11 Å². The molecule has 0 bridgehead atoms. The largest absolute Gasteiger partial charge is 0.497 e. The number of ether oxygens (including phenoxy) is 1. The first-order valence-electron chi connectivity index (χ1n) is 9.86. The SMILES string of the molecule is COc1ccc2cc(C(=O)N3CCC(N4CCCCC4)CC3)ccc2c1. The number of benzene rings is 2. The number of piperidine rings is 2. The molecule has 0 spiro atoms. The molecule has 4 nitrogen and oxygen atoms in total. The molecule has 2 aliphatic rings. The van der Waals surface area contributed by atoms with E-state index in [4.69, 9.17) is 4.74 Å². The normalized spacial score (nSPS) is 19.7. The van der Waals surface area contributed by atoms with Gasteiger partial charge in [0.15, 0.2) is 0 Å². The molecule has 4 rings (SSSR count). The van der Waals surface area contributed by atoms with Gasteiger partial charge in [-0.2, -0.15) is 0 Å². The van der Waals surface area contributed by atoms with Crippen molar-refractivity contribution < 1.29 is 9.53 Å². The van der Waals surface area contributed by atoms with Crippen LogP contribution in [0.1, 0.15) is 42.5 Å². The zero-order chi connectivity index (χ0) is 17.9. The van der Waals surface area contributed by atoms with Crippen molar-refractivity contribution in [3.05, 3.63) is 42.0 Å². The molecule has 138 valence electrons. The predicted octanol–water partition coefficient (Wildman–Crippen LogP) is 3.94. The van der Waals surface area contributed by atoms with Crippen molar-refractivity contribution in [2.45, 2.75) is 38.1 Å². The molecule has 4 heteroatoms. The zero-order valence-corrected chi connectivity index (χ0v) is 15.6. The van der Waals surface area contributed by atoms with Crippen LogP contribution in [0, 0.1) is 0 Å². The van der Waals surface area contributed by atoms with Crippen molar-refractivity contribution in [1.29, 1.82) is 0 Å². The van der Waals surface area contributed by atoms with Gasteiger partial charge in [0, 0.05) is 24.7 Å². The Morgan fingerprint density at radius 2 is 1.62 bits per heavy atom. The maximum atomic E-state index is 12.9. The first-order valence-corrected chi connectivity index (χ1v) is 9.86. The number of likely N-dealkylation sites (tertiary alicyclic amines) is 2. The van der Waals surface area contributed by atoms with Gasteiger partial charge in [0.25, 0.3) is 5.91 Å². The van der Waals surface area contributed by atoms with Crippen LogP contribution >= 0.6 is 0 Å². The second-order valence-electron chi connectivity index (χ2n) is 7.55. The quantitative estimate of drug-likeness (QED) is 0.839. The minimum atomic E-state index is 0.166. The predicted molar refractivity (Wildman–Crippen MR) is 105 cm³/mol. The molecule has 0 atom stereocenters.